The number of nitrogens with one attached hydrogen (secondary N) is 1. The molecule has 1 aromatic carbocycles. The molecule has 3 aromatic heterocycles. The Labute approximate surface area is 211 Å². The maximum atomic E-state index is 13.3. The van der Waals surface area contributed by atoms with Crippen molar-refractivity contribution in [3.63, 3.8) is 0 Å². The number of carbonyl (C=O) groups is 2. The van der Waals surface area contributed by atoms with E-state index in [0.717, 1.165) is 16.9 Å². The fourth-order valence-corrected chi connectivity index (χ4v) is 4.84. The lowest BCUT2D eigenvalue weighted by Gasteiger charge is -2.20. The Balaban J connectivity index is 1.69. The van der Waals surface area contributed by atoms with Gasteiger partial charge in [0.15, 0.2) is 11.5 Å². The average Bonchev–Trinajstić information content (AvgIpc) is 3.30. The second kappa shape index (κ2) is 10.8. The van der Waals surface area contributed by atoms with Gasteiger partial charge in [0.05, 0.1) is 43.0 Å². The number of aromatic nitrogens is 2. The molecule has 0 aliphatic rings. The molecule has 9 nitrogen and oxygen atoms in total. The maximum absolute atomic E-state index is 13.3. The van der Waals surface area contributed by atoms with Gasteiger partial charge in [-0.05, 0) is 56.2 Å². The van der Waals surface area contributed by atoms with Gasteiger partial charge in [0, 0.05) is 6.20 Å². The van der Waals surface area contributed by atoms with Crippen LogP contribution in [0.5, 0.6) is 11.5 Å². The summed E-state index contributed by atoms with van der Waals surface area (Å²) in [6.07, 6.45) is 1.58. The van der Waals surface area contributed by atoms with Crippen molar-refractivity contribution in [3.8, 4) is 11.5 Å². The first-order valence-electron chi connectivity index (χ1n) is 11.5. The van der Waals surface area contributed by atoms with Crippen LogP contribution in [-0.2, 0) is 9.53 Å². The van der Waals surface area contributed by atoms with Gasteiger partial charge in [0.2, 0.25) is 0 Å². The van der Waals surface area contributed by atoms with Crippen molar-refractivity contribution in [1.82, 2.24) is 14.7 Å². The zero-order chi connectivity index (χ0) is 25.8. The van der Waals surface area contributed by atoms with E-state index >= 15 is 0 Å². The van der Waals surface area contributed by atoms with Gasteiger partial charge in [-0.3, -0.25) is 18.8 Å². The Morgan fingerprint density at radius 2 is 1.94 bits per heavy atom. The van der Waals surface area contributed by atoms with Gasteiger partial charge in [0.25, 0.3) is 11.5 Å². The molecule has 0 bridgehead atoms. The lowest BCUT2D eigenvalue weighted by molar-refractivity contribution is -0.143. The minimum Gasteiger partial charge on any atom is -0.493 e. The summed E-state index contributed by atoms with van der Waals surface area (Å²) in [6.45, 7) is 6.16. The largest absolute Gasteiger partial charge is 0.493 e. The molecule has 1 amide bonds. The van der Waals surface area contributed by atoms with Crippen molar-refractivity contribution >= 4 is 39.1 Å². The standard InChI is InChI=1S/C26H27N3O6S/c1-5-34-19-10-9-16(12-20(19)33-4)18(14-22(30)35-6-2)27-24(31)21-13-17-25(36-21)28-23-15(3)8-7-11-29(23)26(17)32/h7-13,18H,5-6,14H2,1-4H3,(H,27,31)/t18-/m0/s1. The number of methoxy groups -OCH3 is 1. The van der Waals surface area contributed by atoms with Crippen LogP contribution in [-0.4, -0.2) is 41.6 Å². The SMILES string of the molecule is CCOC(=O)C[C@H](NC(=O)c1cc2c(=O)n3cccc(C)c3nc2s1)c1ccc(OCC)c(OC)c1. The molecule has 4 rings (SSSR count). The summed E-state index contributed by atoms with van der Waals surface area (Å²) in [4.78, 5) is 44.0. The Hall–Kier alpha value is -3.92. The maximum Gasteiger partial charge on any atom is 0.308 e. The summed E-state index contributed by atoms with van der Waals surface area (Å²) in [5.74, 6) is 0.168. The van der Waals surface area contributed by atoms with Crippen LogP contribution in [0.25, 0.3) is 15.9 Å². The van der Waals surface area contributed by atoms with E-state index in [1.54, 1.807) is 43.5 Å². The van der Waals surface area contributed by atoms with Crippen LogP contribution in [0.1, 0.15) is 47.1 Å². The number of pyridine rings is 1. The van der Waals surface area contributed by atoms with Gasteiger partial charge in [-0.1, -0.05) is 12.1 Å². The topological polar surface area (TPSA) is 108 Å². The van der Waals surface area contributed by atoms with Gasteiger partial charge in [-0.2, -0.15) is 0 Å². The highest BCUT2D eigenvalue weighted by Crippen LogP contribution is 2.32. The molecule has 188 valence electrons. The van der Waals surface area contributed by atoms with Crippen LogP contribution in [0.3, 0.4) is 0 Å². The van der Waals surface area contributed by atoms with Crippen LogP contribution < -0.4 is 20.3 Å². The van der Waals surface area contributed by atoms with Gasteiger partial charge in [-0.15, -0.1) is 11.3 Å². The van der Waals surface area contributed by atoms with Crippen molar-refractivity contribution in [3.05, 3.63) is 69.0 Å². The van der Waals surface area contributed by atoms with Gasteiger partial charge in [0.1, 0.15) is 10.5 Å². The number of benzene rings is 1. The number of aryl methyl sites for hydroxylation is 1. The average molecular weight is 510 g/mol. The Kier molecular flexibility index (Phi) is 7.54. The molecular weight excluding hydrogens is 482 g/mol. The van der Waals surface area contributed by atoms with E-state index in [1.807, 2.05) is 19.9 Å². The molecule has 0 saturated carbocycles. The number of amides is 1. The first kappa shape index (κ1) is 25.2. The van der Waals surface area contributed by atoms with Crippen LogP contribution in [0.2, 0.25) is 0 Å². The van der Waals surface area contributed by atoms with E-state index in [1.165, 1.54) is 11.5 Å². The van der Waals surface area contributed by atoms with E-state index in [4.69, 9.17) is 14.2 Å². The molecule has 36 heavy (non-hydrogen) atoms. The number of carbonyl (C=O) groups excluding carboxylic acids is 2. The molecule has 0 aliphatic heterocycles. The third-order valence-electron chi connectivity index (χ3n) is 5.63. The summed E-state index contributed by atoms with van der Waals surface area (Å²) < 4.78 is 17.6. The van der Waals surface area contributed by atoms with Gasteiger partial charge < -0.3 is 19.5 Å². The quantitative estimate of drug-likeness (QED) is 0.339. The Bertz CT molecular complexity index is 1490. The van der Waals surface area contributed by atoms with Crippen molar-refractivity contribution in [2.24, 2.45) is 0 Å². The zero-order valence-electron chi connectivity index (χ0n) is 20.5. The molecule has 0 spiro atoms. The normalized spacial score (nSPS) is 11.9. The number of thiophene rings is 1. The second-order valence-corrected chi connectivity index (χ2v) is 9.04. The number of fused-ring (bicyclic) bond motifs is 2. The summed E-state index contributed by atoms with van der Waals surface area (Å²) in [7, 11) is 1.52. The molecule has 1 N–H and O–H groups in total. The minimum absolute atomic E-state index is 0.0778. The van der Waals surface area contributed by atoms with Crippen LogP contribution >= 0.6 is 11.3 Å². The van der Waals surface area contributed by atoms with E-state index in [-0.39, 0.29) is 18.6 Å². The minimum atomic E-state index is -0.693. The number of nitrogens with zero attached hydrogens (tertiary/aromatic N) is 2. The van der Waals surface area contributed by atoms with E-state index in [2.05, 4.69) is 10.3 Å². The summed E-state index contributed by atoms with van der Waals surface area (Å²) in [5, 5.41) is 3.27. The predicted octanol–water partition coefficient (Wildman–Crippen LogP) is 4.05. The number of hydrogen-bond acceptors (Lipinski definition) is 8. The lowest BCUT2D eigenvalue weighted by atomic mass is 10.0. The smallest absolute Gasteiger partial charge is 0.308 e. The van der Waals surface area contributed by atoms with Crippen molar-refractivity contribution in [2.75, 3.05) is 20.3 Å². The van der Waals surface area contributed by atoms with Crippen molar-refractivity contribution in [2.45, 2.75) is 33.2 Å². The molecule has 0 saturated heterocycles. The Morgan fingerprint density at radius 1 is 1.14 bits per heavy atom. The van der Waals surface area contributed by atoms with Crippen LogP contribution in [0.4, 0.5) is 0 Å². The van der Waals surface area contributed by atoms with E-state index in [0.29, 0.717) is 44.4 Å². The highest BCUT2D eigenvalue weighted by molar-refractivity contribution is 7.20. The fourth-order valence-electron chi connectivity index (χ4n) is 3.91. The van der Waals surface area contributed by atoms with Crippen LogP contribution in [0.15, 0.2) is 47.4 Å². The zero-order valence-corrected chi connectivity index (χ0v) is 21.3. The third kappa shape index (κ3) is 5.03. The van der Waals surface area contributed by atoms with Crippen LogP contribution in [0, 0.1) is 6.92 Å². The number of ether oxygens (including phenoxy) is 3. The first-order valence-corrected chi connectivity index (χ1v) is 12.4. The lowest BCUT2D eigenvalue weighted by Crippen LogP contribution is -2.30. The summed E-state index contributed by atoms with van der Waals surface area (Å²) in [5.41, 5.74) is 1.81. The molecule has 0 unspecified atom stereocenters. The Morgan fingerprint density at radius 3 is 2.67 bits per heavy atom. The molecule has 3 heterocycles. The monoisotopic (exact) mass is 509 g/mol. The van der Waals surface area contributed by atoms with E-state index in [9.17, 15) is 14.4 Å². The molecule has 1 atom stereocenters. The van der Waals surface area contributed by atoms with Gasteiger partial charge in [-0.25, -0.2) is 4.98 Å². The number of esters is 1. The predicted molar refractivity (Wildman–Crippen MR) is 137 cm³/mol. The summed E-state index contributed by atoms with van der Waals surface area (Å²) in [6, 6.07) is 9.74. The third-order valence-corrected chi connectivity index (χ3v) is 6.65. The number of hydrogen-bond donors (Lipinski definition) is 1. The fraction of sp³-hybridized carbons (Fsp3) is 0.308. The number of rotatable bonds is 9. The molecule has 4 aromatic rings. The highest BCUT2D eigenvalue weighted by atomic mass is 32.1. The summed E-state index contributed by atoms with van der Waals surface area (Å²) >= 11 is 1.13. The van der Waals surface area contributed by atoms with Crippen molar-refractivity contribution in [1.29, 1.82) is 0 Å². The second-order valence-electron chi connectivity index (χ2n) is 8.01. The molecule has 0 fully saturated rings. The first-order chi connectivity index (χ1) is 17.4. The van der Waals surface area contributed by atoms with Gasteiger partial charge >= 0.3 is 5.97 Å². The van der Waals surface area contributed by atoms with Crippen molar-refractivity contribution < 1.29 is 23.8 Å². The molecule has 0 aliphatic carbocycles. The molecular formula is C26H27N3O6S. The molecule has 10 heteroatoms. The van der Waals surface area contributed by atoms with E-state index < -0.39 is 17.9 Å². The molecule has 0 radical (unpaired) electrons. The highest BCUT2D eigenvalue weighted by Gasteiger charge is 2.23.